The summed E-state index contributed by atoms with van der Waals surface area (Å²) in [5.74, 6) is 0.147. The minimum Gasteiger partial charge on any atom is -0.504 e. The van der Waals surface area contributed by atoms with E-state index in [2.05, 4.69) is 18.2 Å². The van der Waals surface area contributed by atoms with Gasteiger partial charge in [-0.3, -0.25) is 4.99 Å². The fraction of sp³-hybridized carbons (Fsp3) is 0.269. The number of allylic oxidation sites excluding steroid dienone is 4. The predicted molar refractivity (Wildman–Crippen MR) is 122 cm³/mol. The summed E-state index contributed by atoms with van der Waals surface area (Å²) >= 11 is 0. The lowest BCUT2D eigenvalue weighted by molar-refractivity contribution is 0.206. The molecule has 31 heavy (non-hydrogen) atoms. The van der Waals surface area contributed by atoms with Gasteiger partial charge in [-0.05, 0) is 66.1 Å². The van der Waals surface area contributed by atoms with Gasteiger partial charge >= 0.3 is 0 Å². The molecule has 3 atom stereocenters. The fourth-order valence-electron chi connectivity index (χ4n) is 5.18. The number of aliphatic hydroxyl groups is 1. The van der Waals surface area contributed by atoms with Crippen molar-refractivity contribution in [2.24, 2.45) is 16.6 Å². The predicted octanol–water partition coefficient (Wildman–Crippen LogP) is 4.14. The Morgan fingerprint density at radius 1 is 1.03 bits per heavy atom. The van der Waals surface area contributed by atoms with Crippen molar-refractivity contribution in [3.8, 4) is 11.5 Å². The molecular weight excluding hydrogens is 388 g/mol. The van der Waals surface area contributed by atoms with Crippen molar-refractivity contribution >= 4 is 11.4 Å². The first-order valence-corrected chi connectivity index (χ1v) is 10.7. The first-order valence-electron chi connectivity index (χ1n) is 10.7. The van der Waals surface area contributed by atoms with Gasteiger partial charge in [0, 0.05) is 11.5 Å². The van der Waals surface area contributed by atoms with Gasteiger partial charge in [-0.25, -0.2) is 0 Å². The van der Waals surface area contributed by atoms with E-state index in [-0.39, 0.29) is 17.4 Å². The van der Waals surface area contributed by atoms with Crippen LogP contribution in [0.3, 0.4) is 0 Å². The fourth-order valence-corrected chi connectivity index (χ4v) is 5.18. The summed E-state index contributed by atoms with van der Waals surface area (Å²) < 4.78 is 0. The quantitative estimate of drug-likeness (QED) is 0.567. The lowest BCUT2D eigenvalue weighted by atomic mass is 9.69. The van der Waals surface area contributed by atoms with Crippen LogP contribution in [-0.4, -0.2) is 27.3 Å². The lowest BCUT2D eigenvalue weighted by Gasteiger charge is -2.35. The van der Waals surface area contributed by atoms with E-state index in [1.165, 1.54) is 6.07 Å². The summed E-state index contributed by atoms with van der Waals surface area (Å²) in [7, 11) is 0. The van der Waals surface area contributed by atoms with Crippen molar-refractivity contribution in [2.75, 3.05) is 0 Å². The maximum atomic E-state index is 10.3. The van der Waals surface area contributed by atoms with Crippen molar-refractivity contribution in [2.45, 2.75) is 37.3 Å². The zero-order chi connectivity index (χ0) is 21.6. The normalized spacial score (nSPS) is 27.3. The van der Waals surface area contributed by atoms with Gasteiger partial charge in [0.25, 0.3) is 0 Å². The molecule has 0 radical (unpaired) electrons. The SMILES string of the molecule is NC1=NC(c2cccc(C3=CC(O)CCC3)c2)(c2ccc(O)c(O)c2)C2CC=CC=C12. The van der Waals surface area contributed by atoms with Gasteiger partial charge in [0.05, 0.1) is 6.10 Å². The van der Waals surface area contributed by atoms with E-state index in [0.29, 0.717) is 5.84 Å². The Balaban J connectivity index is 1.71. The molecule has 0 saturated heterocycles. The number of phenolic OH excluding ortho intramolecular Hbond substituents is 2. The Bertz CT molecular complexity index is 1160. The van der Waals surface area contributed by atoms with Gasteiger partial charge in [-0.1, -0.05) is 48.6 Å². The van der Waals surface area contributed by atoms with E-state index in [0.717, 1.165) is 53.5 Å². The number of fused-ring (bicyclic) bond motifs is 1. The lowest BCUT2D eigenvalue weighted by Crippen LogP contribution is -2.33. The highest BCUT2D eigenvalue weighted by molar-refractivity contribution is 6.01. The summed E-state index contributed by atoms with van der Waals surface area (Å²) in [5.41, 5.74) is 10.5. The number of nitrogens with zero attached hydrogens (tertiary/aromatic N) is 1. The Hall–Kier alpha value is -3.31. The van der Waals surface area contributed by atoms with E-state index in [9.17, 15) is 15.3 Å². The molecule has 0 fully saturated rings. The van der Waals surface area contributed by atoms with E-state index in [4.69, 9.17) is 10.7 Å². The number of amidine groups is 1. The third-order valence-corrected chi connectivity index (χ3v) is 6.68. The van der Waals surface area contributed by atoms with Gasteiger partial charge < -0.3 is 21.1 Å². The second-order valence-corrected chi connectivity index (χ2v) is 8.54. The smallest absolute Gasteiger partial charge is 0.157 e. The number of aliphatic imine (C=N–C) groups is 1. The zero-order valence-electron chi connectivity index (χ0n) is 17.2. The summed E-state index contributed by atoms with van der Waals surface area (Å²) in [6, 6.07) is 13.2. The number of phenols is 2. The van der Waals surface area contributed by atoms with E-state index >= 15 is 0 Å². The van der Waals surface area contributed by atoms with Crippen LogP contribution in [0.5, 0.6) is 11.5 Å². The number of aliphatic hydroxyl groups excluding tert-OH is 1. The zero-order valence-corrected chi connectivity index (χ0v) is 17.2. The monoisotopic (exact) mass is 414 g/mol. The van der Waals surface area contributed by atoms with E-state index < -0.39 is 11.6 Å². The van der Waals surface area contributed by atoms with Gasteiger partial charge in [-0.2, -0.15) is 0 Å². The molecular formula is C26H26N2O3. The van der Waals surface area contributed by atoms with Crippen molar-refractivity contribution in [1.29, 1.82) is 0 Å². The molecule has 5 rings (SSSR count). The van der Waals surface area contributed by atoms with Crippen LogP contribution in [0.15, 0.2) is 77.3 Å². The standard InChI is InChI=1S/C26H26N2O3/c27-25-21-9-1-2-10-22(21)26(28-25,19-11-12-23(30)24(31)15-19)18-7-3-5-16(13-18)17-6-4-8-20(29)14-17/h1-3,5,7,9,11-15,20,22,29-31H,4,6,8,10H2,(H2,27,28). The van der Waals surface area contributed by atoms with Crippen LogP contribution in [0.2, 0.25) is 0 Å². The minimum absolute atomic E-state index is 0.0115. The molecule has 5 N–H and O–H groups in total. The van der Waals surface area contributed by atoms with Gasteiger partial charge in [0.2, 0.25) is 0 Å². The summed E-state index contributed by atoms with van der Waals surface area (Å²) in [6.45, 7) is 0. The number of hydrogen-bond donors (Lipinski definition) is 4. The molecule has 2 aromatic carbocycles. The highest BCUT2D eigenvalue weighted by Gasteiger charge is 2.49. The van der Waals surface area contributed by atoms with Crippen molar-refractivity contribution in [3.05, 3.63) is 89.0 Å². The van der Waals surface area contributed by atoms with Crippen LogP contribution in [0, 0.1) is 5.92 Å². The Morgan fingerprint density at radius 2 is 1.87 bits per heavy atom. The first kappa shape index (κ1) is 19.6. The summed E-state index contributed by atoms with van der Waals surface area (Å²) in [4.78, 5) is 5.00. The summed E-state index contributed by atoms with van der Waals surface area (Å²) in [6.07, 6.45) is 11.1. The summed E-state index contributed by atoms with van der Waals surface area (Å²) in [5, 5.41) is 30.3. The topological polar surface area (TPSA) is 99.1 Å². The van der Waals surface area contributed by atoms with Gasteiger partial charge in [0.1, 0.15) is 11.4 Å². The largest absolute Gasteiger partial charge is 0.504 e. The molecule has 3 aliphatic rings. The number of aromatic hydroxyl groups is 2. The molecule has 3 unspecified atom stereocenters. The second-order valence-electron chi connectivity index (χ2n) is 8.54. The van der Waals surface area contributed by atoms with Crippen LogP contribution in [0.25, 0.3) is 5.57 Å². The number of nitrogens with two attached hydrogens (primary N) is 1. The molecule has 0 aromatic heterocycles. The van der Waals surface area contributed by atoms with Crippen molar-refractivity contribution in [3.63, 3.8) is 0 Å². The van der Waals surface area contributed by atoms with Crippen molar-refractivity contribution < 1.29 is 15.3 Å². The third-order valence-electron chi connectivity index (χ3n) is 6.68. The molecule has 158 valence electrons. The van der Waals surface area contributed by atoms with Crippen LogP contribution in [-0.2, 0) is 5.54 Å². The van der Waals surface area contributed by atoms with E-state index in [1.54, 1.807) is 6.07 Å². The van der Waals surface area contributed by atoms with Crippen molar-refractivity contribution in [1.82, 2.24) is 0 Å². The molecule has 0 bridgehead atoms. The average Bonchev–Trinajstić information content (AvgIpc) is 3.09. The Morgan fingerprint density at radius 3 is 2.68 bits per heavy atom. The van der Waals surface area contributed by atoms with Crippen LogP contribution < -0.4 is 5.73 Å². The minimum atomic E-state index is -0.810. The molecule has 1 heterocycles. The van der Waals surface area contributed by atoms with Gasteiger partial charge in [-0.15, -0.1) is 0 Å². The highest BCUT2D eigenvalue weighted by atomic mass is 16.3. The van der Waals surface area contributed by atoms with Crippen LogP contribution in [0.4, 0.5) is 0 Å². The Kier molecular flexibility index (Phi) is 4.71. The molecule has 2 aliphatic carbocycles. The van der Waals surface area contributed by atoms with Crippen LogP contribution in [0.1, 0.15) is 42.4 Å². The molecule has 5 nitrogen and oxygen atoms in total. The number of benzene rings is 2. The van der Waals surface area contributed by atoms with Crippen LogP contribution >= 0.6 is 0 Å². The van der Waals surface area contributed by atoms with E-state index in [1.807, 2.05) is 36.4 Å². The maximum Gasteiger partial charge on any atom is 0.157 e. The number of rotatable bonds is 3. The molecule has 2 aromatic rings. The highest BCUT2D eigenvalue weighted by Crippen LogP contribution is 2.52. The third kappa shape index (κ3) is 3.17. The second kappa shape index (κ2) is 7.43. The molecule has 1 aliphatic heterocycles. The first-order chi connectivity index (χ1) is 15.0. The molecule has 5 heteroatoms. The molecule has 0 spiro atoms. The molecule has 0 saturated carbocycles. The van der Waals surface area contributed by atoms with Gasteiger partial charge in [0.15, 0.2) is 11.5 Å². The Labute approximate surface area is 181 Å². The maximum absolute atomic E-state index is 10.3. The molecule has 0 amide bonds. The number of hydrogen-bond acceptors (Lipinski definition) is 5. The average molecular weight is 415 g/mol.